The van der Waals surface area contributed by atoms with Gasteiger partial charge in [-0.1, -0.05) is 58.4 Å². The second-order valence-corrected chi connectivity index (χ2v) is 5.24. The molecule has 0 saturated heterocycles. The van der Waals surface area contributed by atoms with Crippen LogP contribution in [0.1, 0.15) is 85.5 Å². The fourth-order valence-electron chi connectivity index (χ4n) is 2.20. The Labute approximate surface area is 119 Å². The van der Waals surface area contributed by atoms with Crippen molar-refractivity contribution in [3.05, 3.63) is 11.1 Å². The van der Waals surface area contributed by atoms with E-state index in [2.05, 4.69) is 13.8 Å². The second-order valence-electron chi connectivity index (χ2n) is 5.24. The molecule has 0 aromatic rings. The SMILES string of the molecule is CCCCCCCCC(CC)=C(C)C(=O)OCCC. The largest absolute Gasteiger partial charge is 0.462 e. The highest BCUT2D eigenvalue weighted by Gasteiger charge is 2.10. The number of allylic oxidation sites excluding steroid dienone is 1. The monoisotopic (exact) mass is 268 g/mol. The summed E-state index contributed by atoms with van der Waals surface area (Å²) in [6.07, 6.45) is 10.7. The van der Waals surface area contributed by atoms with Gasteiger partial charge in [0, 0.05) is 5.57 Å². The molecule has 2 heteroatoms. The zero-order valence-electron chi connectivity index (χ0n) is 13.4. The molecule has 0 saturated carbocycles. The van der Waals surface area contributed by atoms with E-state index in [0.717, 1.165) is 24.8 Å². The molecule has 0 fully saturated rings. The Morgan fingerprint density at radius 1 is 0.895 bits per heavy atom. The summed E-state index contributed by atoms with van der Waals surface area (Å²) in [5.74, 6) is -0.121. The first-order valence-corrected chi connectivity index (χ1v) is 8.03. The van der Waals surface area contributed by atoms with E-state index < -0.39 is 0 Å². The maximum absolute atomic E-state index is 11.8. The summed E-state index contributed by atoms with van der Waals surface area (Å²) in [5.41, 5.74) is 2.11. The highest BCUT2D eigenvalue weighted by atomic mass is 16.5. The standard InChI is InChI=1S/C17H32O2/c1-5-8-9-10-11-12-13-16(7-3)15(4)17(18)19-14-6-2/h5-14H2,1-4H3. The number of carbonyl (C=O) groups is 1. The minimum Gasteiger partial charge on any atom is -0.462 e. The van der Waals surface area contributed by atoms with Crippen LogP contribution in [0.3, 0.4) is 0 Å². The Hall–Kier alpha value is -0.790. The van der Waals surface area contributed by atoms with Gasteiger partial charge in [-0.3, -0.25) is 0 Å². The van der Waals surface area contributed by atoms with E-state index in [-0.39, 0.29) is 5.97 Å². The molecule has 112 valence electrons. The van der Waals surface area contributed by atoms with Crippen LogP contribution in [0.4, 0.5) is 0 Å². The molecule has 19 heavy (non-hydrogen) atoms. The van der Waals surface area contributed by atoms with Crippen molar-refractivity contribution < 1.29 is 9.53 Å². The van der Waals surface area contributed by atoms with Crippen molar-refractivity contribution in [2.75, 3.05) is 6.61 Å². The van der Waals surface area contributed by atoms with Crippen LogP contribution in [0, 0.1) is 0 Å². The molecule has 0 spiro atoms. The summed E-state index contributed by atoms with van der Waals surface area (Å²) in [4.78, 5) is 11.8. The van der Waals surface area contributed by atoms with Gasteiger partial charge in [-0.15, -0.1) is 0 Å². The lowest BCUT2D eigenvalue weighted by Gasteiger charge is -2.10. The molecule has 0 aliphatic carbocycles. The Kier molecular flexibility index (Phi) is 11.7. The minimum absolute atomic E-state index is 0.121. The molecule has 0 aromatic carbocycles. The summed E-state index contributed by atoms with van der Waals surface area (Å²) < 4.78 is 5.20. The Morgan fingerprint density at radius 2 is 1.53 bits per heavy atom. The maximum Gasteiger partial charge on any atom is 0.333 e. The van der Waals surface area contributed by atoms with Crippen LogP contribution < -0.4 is 0 Å². The van der Waals surface area contributed by atoms with Crippen molar-refractivity contribution in [1.82, 2.24) is 0 Å². The molecular weight excluding hydrogens is 236 g/mol. The van der Waals surface area contributed by atoms with E-state index in [4.69, 9.17) is 4.74 Å². The quantitative estimate of drug-likeness (QED) is 0.284. The first kappa shape index (κ1) is 18.2. The van der Waals surface area contributed by atoms with Gasteiger partial charge >= 0.3 is 5.97 Å². The highest BCUT2D eigenvalue weighted by molar-refractivity contribution is 5.88. The number of carbonyl (C=O) groups excluding carboxylic acids is 1. The number of ether oxygens (including phenoxy) is 1. The third-order valence-corrected chi connectivity index (χ3v) is 3.53. The Morgan fingerprint density at radius 3 is 2.11 bits per heavy atom. The lowest BCUT2D eigenvalue weighted by molar-refractivity contribution is -0.139. The van der Waals surface area contributed by atoms with E-state index in [1.54, 1.807) is 0 Å². The second kappa shape index (κ2) is 12.3. The van der Waals surface area contributed by atoms with Crippen LogP contribution in [-0.4, -0.2) is 12.6 Å². The van der Waals surface area contributed by atoms with Crippen LogP contribution in [0.2, 0.25) is 0 Å². The summed E-state index contributed by atoms with van der Waals surface area (Å²) in [7, 11) is 0. The van der Waals surface area contributed by atoms with Gasteiger partial charge in [0.15, 0.2) is 0 Å². The fourth-order valence-corrected chi connectivity index (χ4v) is 2.20. The van der Waals surface area contributed by atoms with Crippen LogP contribution in [0.25, 0.3) is 0 Å². The number of hydrogen-bond donors (Lipinski definition) is 0. The van der Waals surface area contributed by atoms with E-state index in [0.29, 0.717) is 6.61 Å². The fraction of sp³-hybridized carbons (Fsp3) is 0.824. The molecule has 0 amide bonds. The number of rotatable bonds is 11. The van der Waals surface area contributed by atoms with Gasteiger partial charge < -0.3 is 4.74 Å². The van der Waals surface area contributed by atoms with Gasteiger partial charge in [-0.05, 0) is 32.6 Å². The summed E-state index contributed by atoms with van der Waals surface area (Å²) in [5, 5.41) is 0. The van der Waals surface area contributed by atoms with Crippen molar-refractivity contribution in [2.45, 2.75) is 85.5 Å². The molecular formula is C17H32O2. The van der Waals surface area contributed by atoms with Crippen molar-refractivity contribution in [3.63, 3.8) is 0 Å². The molecule has 0 aliphatic rings. The molecule has 0 atom stereocenters. The molecule has 0 rings (SSSR count). The molecule has 0 radical (unpaired) electrons. The summed E-state index contributed by atoms with van der Waals surface area (Å²) in [6.45, 7) is 8.83. The van der Waals surface area contributed by atoms with Gasteiger partial charge in [0.1, 0.15) is 0 Å². The molecule has 0 aliphatic heterocycles. The van der Waals surface area contributed by atoms with Gasteiger partial charge in [0.2, 0.25) is 0 Å². The smallest absolute Gasteiger partial charge is 0.333 e. The average Bonchev–Trinajstić information content (AvgIpc) is 2.43. The number of esters is 1. The van der Waals surface area contributed by atoms with E-state index in [9.17, 15) is 4.79 Å². The lowest BCUT2D eigenvalue weighted by atomic mass is 9.99. The molecule has 0 unspecified atom stereocenters. The van der Waals surface area contributed by atoms with Gasteiger partial charge in [-0.2, -0.15) is 0 Å². The zero-order chi connectivity index (χ0) is 14.5. The van der Waals surface area contributed by atoms with Crippen molar-refractivity contribution in [2.24, 2.45) is 0 Å². The van der Waals surface area contributed by atoms with E-state index >= 15 is 0 Å². The predicted octanol–water partition coefficient (Wildman–Crippen LogP) is 5.42. The summed E-state index contributed by atoms with van der Waals surface area (Å²) >= 11 is 0. The zero-order valence-corrected chi connectivity index (χ0v) is 13.4. The molecule has 0 N–H and O–H groups in total. The predicted molar refractivity (Wildman–Crippen MR) is 82.2 cm³/mol. The van der Waals surface area contributed by atoms with E-state index in [1.807, 2.05) is 13.8 Å². The maximum atomic E-state index is 11.8. The lowest BCUT2D eigenvalue weighted by Crippen LogP contribution is -2.09. The first-order valence-electron chi connectivity index (χ1n) is 8.03. The average molecular weight is 268 g/mol. The normalized spacial score (nSPS) is 12.2. The van der Waals surface area contributed by atoms with Gasteiger partial charge in [-0.25, -0.2) is 4.79 Å². The van der Waals surface area contributed by atoms with Crippen LogP contribution in [0.5, 0.6) is 0 Å². The molecule has 0 heterocycles. The number of hydrogen-bond acceptors (Lipinski definition) is 2. The van der Waals surface area contributed by atoms with Crippen LogP contribution in [-0.2, 0) is 9.53 Å². The third kappa shape index (κ3) is 8.85. The highest BCUT2D eigenvalue weighted by Crippen LogP contribution is 2.18. The number of unbranched alkanes of at least 4 members (excludes halogenated alkanes) is 5. The molecule has 2 nitrogen and oxygen atoms in total. The Bertz CT molecular complexity index is 266. The van der Waals surface area contributed by atoms with Crippen LogP contribution >= 0.6 is 0 Å². The van der Waals surface area contributed by atoms with Gasteiger partial charge in [0.25, 0.3) is 0 Å². The van der Waals surface area contributed by atoms with Crippen molar-refractivity contribution in [1.29, 1.82) is 0 Å². The summed E-state index contributed by atoms with van der Waals surface area (Å²) in [6, 6.07) is 0. The first-order chi connectivity index (χ1) is 9.17. The van der Waals surface area contributed by atoms with Crippen LogP contribution in [0.15, 0.2) is 11.1 Å². The Balaban J connectivity index is 4.05. The van der Waals surface area contributed by atoms with Crippen molar-refractivity contribution >= 4 is 5.97 Å². The third-order valence-electron chi connectivity index (χ3n) is 3.53. The molecule has 0 bridgehead atoms. The minimum atomic E-state index is -0.121. The topological polar surface area (TPSA) is 26.3 Å². The molecule has 0 aromatic heterocycles. The van der Waals surface area contributed by atoms with Crippen molar-refractivity contribution in [3.8, 4) is 0 Å². The van der Waals surface area contributed by atoms with E-state index in [1.165, 1.54) is 44.1 Å². The van der Waals surface area contributed by atoms with Gasteiger partial charge in [0.05, 0.1) is 6.61 Å².